The first-order valence-corrected chi connectivity index (χ1v) is 9.16. The second-order valence-corrected chi connectivity index (χ2v) is 7.28. The van der Waals surface area contributed by atoms with E-state index in [0.717, 1.165) is 50.2 Å². The van der Waals surface area contributed by atoms with Gasteiger partial charge in [0.1, 0.15) is 5.65 Å². The Bertz CT molecular complexity index is 732. The minimum Gasteiger partial charge on any atom is -0.353 e. The van der Waals surface area contributed by atoms with Gasteiger partial charge in [-0.2, -0.15) is 0 Å². The summed E-state index contributed by atoms with van der Waals surface area (Å²) >= 11 is 0. The van der Waals surface area contributed by atoms with Gasteiger partial charge < -0.3 is 9.72 Å². The van der Waals surface area contributed by atoms with Gasteiger partial charge in [0.2, 0.25) is 5.91 Å². The minimum atomic E-state index is 0.144. The summed E-state index contributed by atoms with van der Waals surface area (Å²) in [6.45, 7) is 4.78. The van der Waals surface area contributed by atoms with E-state index in [-0.39, 0.29) is 11.8 Å². The molecule has 1 aliphatic heterocycles. The third-order valence-electron chi connectivity index (χ3n) is 5.55. The summed E-state index contributed by atoms with van der Waals surface area (Å²) in [7, 11) is 0. The number of aryl methyl sites for hydroxylation is 1. The first-order chi connectivity index (χ1) is 11.7. The minimum absolute atomic E-state index is 0.144. The molecule has 128 valence electrons. The lowest BCUT2D eigenvalue weighted by molar-refractivity contribution is -0.125. The number of amides is 1. The highest BCUT2D eigenvalue weighted by molar-refractivity contribution is 5.79. The van der Waals surface area contributed by atoms with Crippen LogP contribution in [0.25, 0.3) is 5.65 Å². The van der Waals surface area contributed by atoms with E-state index in [0.29, 0.717) is 6.04 Å². The summed E-state index contributed by atoms with van der Waals surface area (Å²) in [6, 6.07) is 6.52. The Labute approximate surface area is 143 Å². The summed E-state index contributed by atoms with van der Waals surface area (Å²) < 4.78 is 2.17. The van der Waals surface area contributed by atoms with Crippen molar-refractivity contribution in [1.82, 2.24) is 19.6 Å². The van der Waals surface area contributed by atoms with E-state index < -0.39 is 0 Å². The van der Waals surface area contributed by atoms with Crippen LogP contribution in [0.4, 0.5) is 0 Å². The number of carbonyl (C=O) groups excluding carboxylic acids is 1. The molecule has 1 saturated heterocycles. The van der Waals surface area contributed by atoms with Gasteiger partial charge in [0.15, 0.2) is 0 Å². The molecule has 0 bridgehead atoms. The van der Waals surface area contributed by atoms with Crippen molar-refractivity contribution in [1.29, 1.82) is 0 Å². The maximum atomic E-state index is 12.5. The summed E-state index contributed by atoms with van der Waals surface area (Å²) in [5.74, 6) is 0.407. The van der Waals surface area contributed by atoms with Crippen molar-refractivity contribution in [3.05, 3.63) is 35.8 Å². The first kappa shape index (κ1) is 15.6. The first-order valence-electron chi connectivity index (χ1n) is 9.16. The highest BCUT2D eigenvalue weighted by Gasteiger charge is 2.30. The van der Waals surface area contributed by atoms with Gasteiger partial charge in [0.25, 0.3) is 0 Å². The fraction of sp³-hybridized carbons (Fsp3) is 0.579. The molecule has 5 nitrogen and oxygen atoms in total. The molecule has 0 aromatic carbocycles. The number of nitrogens with one attached hydrogen (secondary N) is 1. The zero-order valence-electron chi connectivity index (χ0n) is 14.4. The highest BCUT2D eigenvalue weighted by Crippen LogP contribution is 2.23. The molecule has 3 heterocycles. The van der Waals surface area contributed by atoms with Crippen LogP contribution in [0.2, 0.25) is 0 Å². The van der Waals surface area contributed by atoms with Crippen molar-refractivity contribution in [2.75, 3.05) is 13.1 Å². The Morgan fingerprint density at radius 2 is 2.12 bits per heavy atom. The molecule has 0 radical (unpaired) electrons. The van der Waals surface area contributed by atoms with Crippen LogP contribution in [0.15, 0.2) is 24.4 Å². The van der Waals surface area contributed by atoms with E-state index in [2.05, 4.69) is 32.7 Å². The Morgan fingerprint density at radius 1 is 1.29 bits per heavy atom. The van der Waals surface area contributed by atoms with Gasteiger partial charge >= 0.3 is 0 Å². The van der Waals surface area contributed by atoms with Crippen molar-refractivity contribution < 1.29 is 4.79 Å². The lowest BCUT2D eigenvalue weighted by atomic mass is 10.1. The van der Waals surface area contributed by atoms with Crippen LogP contribution in [0.5, 0.6) is 0 Å². The summed E-state index contributed by atoms with van der Waals surface area (Å²) in [4.78, 5) is 19.5. The molecular formula is C19H26N4O. The van der Waals surface area contributed by atoms with E-state index in [4.69, 9.17) is 0 Å². The quantitative estimate of drug-likeness (QED) is 0.939. The lowest BCUT2D eigenvalue weighted by Crippen LogP contribution is -2.38. The zero-order valence-corrected chi connectivity index (χ0v) is 14.4. The molecule has 2 aromatic heterocycles. The van der Waals surface area contributed by atoms with E-state index in [9.17, 15) is 4.79 Å². The molecule has 2 aliphatic rings. The predicted octanol–water partition coefficient (Wildman–Crippen LogP) is 2.52. The van der Waals surface area contributed by atoms with E-state index >= 15 is 0 Å². The molecule has 1 atom stereocenters. The molecule has 5 heteroatoms. The topological polar surface area (TPSA) is 49.6 Å². The van der Waals surface area contributed by atoms with Crippen molar-refractivity contribution in [2.24, 2.45) is 5.92 Å². The number of likely N-dealkylation sites (tertiary alicyclic amines) is 1. The van der Waals surface area contributed by atoms with Crippen molar-refractivity contribution in [2.45, 2.75) is 51.6 Å². The number of imidazole rings is 1. The molecule has 2 aromatic rings. The average molecular weight is 326 g/mol. The van der Waals surface area contributed by atoms with E-state index in [1.165, 1.54) is 18.5 Å². The lowest BCUT2D eigenvalue weighted by Gasteiger charge is -2.18. The molecule has 1 saturated carbocycles. The van der Waals surface area contributed by atoms with Crippen LogP contribution in [0.1, 0.15) is 43.5 Å². The SMILES string of the molecule is Cc1nc2ccccn2c1CN1CCC(C(=O)NC2CCCC2)C1. The van der Waals surface area contributed by atoms with Crippen LogP contribution >= 0.6 is 0 Å². The predicted molar refractivity (Wildman–Crippen MR) is 93.7 cm³/mol. The van der Waals surface area contributed by atoms with Gasteiger partial charge in [0.05, 0.1) is 17.3 Å². The van der Waals surface area contributed by atoms with Crippen LogP contribution < -0.4 is 5.32 Å². The number of nitrogens with zero attached hydrogens (tertiary/aromatic N) is 3. The second kappa shape index (κ2) is 6.55. The average Bonchev–Trinajstić information content (AvgIpc) is 3.29. The Kier molecular flexibility index (Phi) is 4.27. The van der Waals surface area contributed by atoms with Crippen molar-refractivity contribution in [3.63, 3.8) is 0 Å². The molecule has 1 aliphatic carbocycles. The number of carbonyl (C=O) groups is 1. The highest BCUT2D eigenvalue weighted by atomic mass is 16.2. The molecule has 0 spiro atoms. The number of fused-ring (bicyclic) bond motifs is 1. The Morgan fingerprint density at radius 3 is 2.96 bits per heavy atom. The monoisotopic (exact) mass is 326 g/mol. The number of aromatic nitrogens is 2. The summed E-state index contributed by atoms with van der Waals surface area (Å²) in [6.07, 6.45) is 7.87. The smallest absolute Gasteiger partial charge is 0.224 e. The largest absolute Gasteiger partial charge is 0.353 e. The molecule has 1 amide bonds. The van der Waals surface area contributed by atoms with Gasteiger partial charge in [0, 0.05) is 25.3 Å². The molecule has 4 rings (SSSR count). The van der Waals surface area contributed by atoms with Gasteiger partial charge in [-0.25, -0.2) is 4.98 Å². The van der Waals surface area contributed by atoms with E-state index in [1.807, 2.05) is 18.2 Å². The third kappa shape index (κ3) is 3.05. The number of pyridine rings is 1. The molecule has 1 N–H and O–H groups in total. The number of hydrogen-bond acceptors (Lipinski definition) is 3. The van der Waals surface area contributed by atoms with Crippen molar-refractivity contribution in [3.8, 4) is 0 Å². The molecule has 24 heavy (non-hydrogen) atoms. The number of hydrogen-bond donors (Lipinski definition) is 1. The summed E-state index contributed by atoms with van der Waals surface area (Å²) in [5.41, 5.74) is 3.32. The number of rotatable bonds is 4. The van der Waals surface area contributed by atoms with Crippen LogP contribution in [-0.2, 0) is 11.3 Å². The standard InChI is InChI=1S/C19H26N4O/c1-14-17(23-10-5-4-8-18(23)20-14)13-22-11-9-15(12-22)19(24)21-16-6-2-3-7-16/h4-5,8,10,15-16H,2-3,6-7,9,11-13H2,1H3,(H,21,24). The van der Waals surface area contributed by atoms with Crippen LogP contribution in [-0.4, -0.2) is 39.3 Å². The van der Waals surface area contributed by atoms with Crippen LogP contribution in [0.3, 0.4) is 0 Å². The van der Waals surface area contributed by atoms with Crippen LogP contribution in [0, 0.1) is 12.8 Å². The van der Waals surface area contributed by atoms with Gasteiger partial charge in [-0.3, -0.25) is 9.69 Å². The maximum absolute atomic E-state index is 12.5. The third-order valence-corrected chi connectivity index (χ3v) is 5.55. The Hall–Kier alpha value is -1.88. The van der Waals surface area contributed by atoms with E-state index in [1.54, 1.807) is 0 Å². The normalized spacial score (nSPS) is 22.5. The molecule has 2 fully saturated rings. The molecular weight excluding hydrogens is 300 g/mol. The summed E-state index contributed by atoms with van der Waals surface area (Å²) in [5, 5.41) is 3.26. The van der Waals surface area contributed by atoms with Crippen molar-refractivity contribution >= 4 is 11.6 Å². The Balaban J connectivity index is 1.39. The zero-order chi connectivity index (χ0) is 16.5. The second-order valence-electron chi connectivity index (χ2n) is 7.28. The maximum Gasteiger partial charge on any atom is 0.224 e. The van der Waals surface area contributed by atoms with Gasteiger partial charge in [-0.05, 0) is 44.9 Å². The van der Waals surface area contributed by atoms with Gasteiger partial charge in [-0.15, -0.1) is 0 Å². The molecule has 1 unspecified atom stereocenters. The van der Waals surface area contributed by atoms with Gasteiger partial charge in [-0.1, -0.05) is 18.9 Å². The fourth-order valence-electron chi connectivity index (χ4n) is 4.15. The fourth-order valence-corrected chi connectivity index (χ4v) is 4.15.